The zero-order valence-electron chi connectivity index (χ0n) is 12.6. The van der Waals surface area contributed by atoms with Crippen LogP contribution in [-0.2, 0) is 6.54 Å². The normalized spacial score (nSPS) is 12.8. The number of nitrogens with zero attached hydrogens (tertiary/aromatic N) is 1. The monoisotopic (exact) mass is 319 g/mol. The van der Waals surface area contributed by atoms with Gasteiger partial charge in [-0.3, -0.25) is 4.99 Å². The van der Waals surface area contributed by atoms with E-state index >= 15 is 0 Å². The summed E-state index contributed by atoms with van der Waals surface area (Å²) in [7, 11) is 1.71. The Hall–Kier alpha value is -2.07. The smallest absolute Gasteiger partial charge is 0.191 e. The van der Waals surface area contributed by atoms with Gasteiger partial charge in [0, 0.05) is 13.6 Å². The molecule has 1 unspecified atom stereocenters. The first-order chi connectivity index (χ1) is 10.6. The number of rotatable bonds is 4. The molecule has 0 aliphatic rings. The summed E-state index contributed by atoms with van der Waals surface area (Å²) < 4.78 is 13.1. The van der Waals surface area contributed by atoms with Crippen molar-refractivity contribution in [2.24, 2.45) is 4.99 Å². The van der Waals surface area contributed by atoms with E-state index in [4.69, 9.17) is 11.6 Å². The number of guanidine groups is 1. The van der Waals surface area contributed by atoms with Crippen molar-refractivity contribution in [3.8, 4) is 0 Å². The molecule has 5 heteroatoms. The summed E-state index contributed by atoms with van der Waals surface area (Å²) in [5.41, 5.74) is 2.07. The first kappa shape index (κ1) is 16.3. The molecule has 1 atom stereocenters. The molecule has 0 spiro atoms. The molecule has 0 fully saturated rings. The summed E-state index contributed by atoms with van der Waals surface area (Å²) in [6.45, 7) is 2.58. The molecule has 0 radical (unpaired) electrons. The maximum atomic E-state index is 13.1. The molecule has 2 aromatic rings. The lowest BCUT2D eigenvalue weighted by atomic mass is 10.1. The third kappa shape index (κ3) is 4.46. The van der Waals surface area contributed by atoms with Gasteiger partial charge in [-0.1, -0.05) is 48.0 Å². The first-order valence-electron chi connectivity index (χ1n) is 7.06. The quantitative estimate of drug-likeness (QED) is 0.662. The van der Waals surface area contributed by atoms with Gasteiger partial charge in [0.05, 0.1) is 11.1 Å². The highest BCUT2D eigenvalue weighted by Gasteiger charge is 2.07. The van der Waals surface area contributed by atoms with Gasteiger partial charge < -0.3 is 10.6 Å². The fourth-order valence-corrected chi connectivity index (χ4v) is 2.26. The molecular formula is C17H19ClFN3. The van der Waals surface area contributed by atoms with Crippen LogP contribution in [0.15, 0.2) is 53.5 Å². The number of nitrogens with one attached hydrogen (secondary N) is 2. The van der Waals surface area contributed by atoms with Gasteiger partial charge >= 0.3 is 0 Å². The summed E-state index contributed by atoms with van der Waals surface area (Å²) in [5.74, 6) is 0.266. The van der Waals surface area contributed by atoms with Crippen LogP contribution in [0.25, 0.3) is 0 Å². The molecule has 0 aliphatic heterocycles. The van der Waals surface area contributed by atoms with E-state index in [1.165, 1.54) is 11.6 Å². The Morgan fingerprint density at radius 1 is 1.23 bits per heavy atom. The predicted octanol–water partition coefficient (Wildman–Crippen LogP) is 3.91. The predicted molar refractivity (Wildman–Crippen MR) is 89.6 cm³/mol. The van der Waals surface area contributed by atoms with Crippen LogP contribution in [-0.4, -0.2) is 13.0 Å². The molecule has 0 amide bonds. The molecule has 2 N–H and O–H groups in total. The van der Waals surface area contributed by atoms with Crippen molar-refractivity contribution in [2.45, 2.75) is 19.5 Å². The fourth-order valence-electron chi connectivity index (χ4n) is 2.06. The summed E-state index contributed by atoms with van der Waals surface area (Å²) in [6, 6.07) is 14.9. The third-order valence-corrected chi connectivity index (χ3v) is 3.61. The maximum Gasteiger partial charge on any atom is 0.191 e. The average Bonchev–Trinajstić information content (AvgIpc) is 2.55. The molecule has 0 saturated carbocycles. The SMILES string of the molecule is CN=C(NCc1ccc(F)c(Cl)c1)NC(C)c1ccccc1. The highest BCUT2D eigenvalue weighted by molar-refractivity contribution is 6.30. The number of benzene rings is 2. The number of hydrogen-bond donors (Lipinski definition) is 2. The molecule has 22 heavy (non-hydrogen) atoms. The minimum atomic E-state index is -0.411. The average molecular weight is 320 g/mol. The summed E-state index contributed by atoms with van der Waals surface area (Å²) in [4.78, 5) is 4.20. The number of aliphatic imine (C=N–C) groups is 1. The molecule has 0 heterocycles. The molecule has 0 bridgehead atoms. The van der Waals surface area contributed by atoms with E-state index in [1.54, 1.807) is 19.2 Å². The summed E-state index contributed by atoms with van der Waals surface area (Å²) in [5, 5.41) is 6.63. The van der Waals surface area contributed by atoms with E-state index in [0.717, 1.165) is 5.56 Å². The Labute approximate surface area is 135 Å². The van der Waals surface area contributed by atoms with Crippen molar-refractivity contribution in [1.82, 2.24) is 10.6 Å². The van der Waals surface area contributed by atoms with Gasteiger partial charge in [0.1, 0.15) is 5.82 Å². The molecule has 0 saturated heterocycles. The minimum Gasteiger partial charge on any atom is -0.352 e. The molecule has 116 valence electrons. The van der Waals surface area contributed by atoms with Crippen molar-refractivity contribution in [2.75, 3.05) is 7.05 Å². The number of halogens is 2. The van der Waals surface area contributed by atoms with Crippen LogP contribution in [0, 0.1) is 5.82 Å². The van der Waals surface area contributed by atoms with Gasteiger partial charge in [-0.15, -0.1) is 0 Å². The Bertz CT molecular complexity index is 644. The van der Waals surface area contributed by atoms with Gasteiger partial charge in [0.2, 0.25) is 0 Å². The van der Waals surface area contributed by atoms with Crippen LogP contribution < -0.4 is 10.6 Å². The second kappa shape index (κ2) is 7.80. The standard InChI is InChI=1S/C17H19ClFN3/c1-12(14-6-4-3-5-7-14)22-17(20-2)21-11-13-8-9-16(19)15(18)10-13/h3-10,12H,11H2,1-2H3,(H2,20,21,22). The van der Waals surface area contributed by atoms with E-state index in [9.17, 15) is 4.39 Å². The highest BCUT2D eigenvalue weighted by atomic mass is 35.5. The van der Waals surface area contributed by atoms with Crippen molar-refractivity contribution in [1.29, 1.82) is 0 Å². The topological polar surface area (TPSA) is 36.4 Å². The van der Waals surface area contributed by atoms with Gasteiger partial charge in [-0.2, -0.15) is 0 Å². The maximum absolute atomic E-state index is 13.1. The second-order valence-corrected chi connectivity index (χ2v) is 5.36. The zero-order chi connectivity index (χ0) is 15.9. The Kier molecular flexibility index (Phi) is 5.78. The molecular weight excluding hydrogens is 301 g/mol. The van der Waals surface area contributed by atoms with Gasteiger partial charge in [-0.25, -0.2) is 4.39 Å². The summed E-state index contributed by atoms with van der Waals surface area (Å²) >= 11 is 5.78. The Morgan fingerprint density at radius 2 is 1.95 bits per heavy atom. The van der Waals surface area contributed by atoms with Gasteiger partial charge in [0.25, 0.3) is 0 Å². The highest BCUT2D eigenvalue weighted by Crippen LogP contribution is 2.16. The fraction of sp³-hybridized carbons (Fsp3) is 0.235. The van der Waals surface area contributed by atoms with Crippen LogP contribution in [0.4, 0.5) is 4.39 Å². The second-order valence-electron chi connectivity index (χ2n) is 4.95. The van der Waals surface area contributed by atoms with Crippen LogP contribution >= 0.6 is 11.6 Å². The van der Waals surface area contributed by atoms with Crippen LogP contribution in [0.1, 0.15) is 24.1 Å². The molecule has 0 aromatic heterocycles. The third-order valence-electron chi connectivity index (χ3n) is 3.32. The van der Waals surface area contributed by atoms with E-state index < -0.39 is 5.82 Å². The van der Waals surface area contributed by atoms with Crippen LogP contribution in [0.2, 0.25) is 5.02 Å². The van der Waals surface area contributed by atoms with Gasteiger partial charge in [0.15, 0.2) is 5.96 Å². The lowest BCUT2D eigenvalue weighted by Crippen LogP contribution is -2.38. The lowest BCUT2D eigenvalue weighted by molar-refractivity contribution is 0.627. The van der Waals surface area contributed by atoms with Crippen LogP contribution in [0.5, 0.6) is 0 Å². The van der Waals surface area contributed by atoms with E-state index in [2.05, 4.69) is 34.7 Å². The Morgan fingerprint density at radius 3 is 2.59 bits per heavy atom. The van der Waals surface area contributed by atoms with Crippen molar-refractivity contribution < 1.29 is 4.39 Å². The molecule has 2 rings (SSSR count). The minimum absolute atomic E-state index is 0.125. The van der Waals surface area contributed by atoms with E-state index in [1.807, 2.05) is 18.2 Å². The number of hydrogen-bond acceptors (Lipinski definition) is 1. The molecule has 3 nitrogen and oxygen atoms in total. The molecule has 2 aromatic carbocycles. The molecule has 0 aliphatic carbocycles. The summed E-state index contributed by atoms with van der Waals surface area (Å²) in [6.07, 6.45) is 0. The first-order valence-corrected chi connectivity index (χ1v) is 7.44. The van der Waals surface area contributed by atoms with Crippen molar-refractivity contribution >= 4 is 17.6 Å². The lowest BCUT2D eigenvalue weighted by Gasteiger charge is -2.18. The van der Waals surface area contributed by atoms with E-state index in [0.29, 0.717) is 12.5 Å². The largest absolute Gasteiger partial charge is 0.352 e. The van der Waals surface area contributed by atoms with E-state index in [-0.39, 0.29) is 11.1 Å². The zero-order valence-corrected chi connectivity index (χ0v) is 13.4. The van der Waals surface area contributed by atoms with Crippen molar-refractivity contribution in [3.05, 3.63) is 70.5 Å². The van der Waals surface area contributed by atoms with Gasteiger partial charge in [-0.05, 0) is 30.2 Å². The Balaban J connectivity index is 1.94. The van der Waals surface area contributed by atoms with Crippen molar-refractivity contribution in [3.63, 3.8) is 0 Å². The van der Waals surface area contributed by atoms with Crippen LogP contribution in [0.3, 0.4) is 0 Å².